The lowest BCUT2D eigenvalue weighted by Gasteiger charge is -2.18. The summed E-state index contributed by atoms with van der Waals surface area (Å²) < 4.78 is 11.0. The molecule has 2 aromatic carbocycles. The molecule has 1 N–H and O–H groups in total. The zero-order valence-electron chi connectivity index (χ0n) is 13.4. The monoisotopic (exact) mass is 352 g/mol. The molecule has 0 saturated carbocycles. The Morgan fingerprint density at radius 3 is 2.72 bits per heavy atom. The molecule has 0 fully saturated rings. The van der Waals surface area contributed by atoms with Gasteiger partial charge in [-0.15, -0.1) is 11.3 Å². The number of hydrogen-bond donors (Lipinski definition) is 1. The molecule has 1 amide bonds. The Hall–Kier alpha value is -2.86. The number of nitrogens with one attached hydrogen (secondary N) is 1. The topological polar surface area (TPSA) is 60.5 Å². The van der Waals surface area contributed by atoms with Gasteiger partial charge in [-0.25, -0.2) is 4.98 Å². The number of carbonyl (C=O) groups is 1. The zero-order valence-corrected chi connectivity index (χ0v) is 14.2. The first-order chi connectivity index (χ1) is 12.3. The number of hydrogen-bond acceptors (Lipinski definition) is 5. The van der Waals surface area contributed by atoms with E-state index in [4.69, 9.17) is 9.47 Å². The Labute approximate surface area is 149 Å². The van der Waals surface area contributed by atoms with Crippen molar-refractivity contribution in [2.75, 3.05) is 18.5 Å². The van der Waals surface area contributed by atoms with Crippen molar-refractivity contribution in [2.24, 2.45) is 0 Å². The second-order valence-corrected chi connectivity index (χ2v) is 6.46. The lowest BCUT2D eigenvalue weighted by atomic mass is 10.1. The number of benzene rings is 2. The second-order valence-electron chi connectivity index (χ2n) is 5.61. The molecule has 4 rings (SSSR count). The van der Waals surface area contributed by atoms with Crippen LogP contribution >= 0.6 is 11.3 Å². The minimum Gasteiger partial charge on any atom is -0.486 e. The average molecular weight is 352 g/mol. The molecule has 5 nitrogen and oxygen atoms in total. The van der Waals surface area contributed by atoms with Crippen molar-refractivity contribution in [1.29, 1.82) is 0 Å². The van der Waals surface area contributed by atoms with Gasteiger partial charge in [0, 0.05) is 10.9 Å². The van der Waals surface area contributed by atoms with Crippen molar-refractivity contribution in [1.82, 2.24) is 4.98 Å². The number of nitrogens with zero attached hydrogens (tertiary/aromatic N) is 1. The van der Waals surface area contributed by atoms with Crippen LogP contribution < -0.4 is 14.8 Å². The Morgan fingerprint density at radius 2 is 1.88 bits per heavy atom. The van der Waals surface area contributed by atoms with E-state index in [0.29, 0.717) is 24.1 Å². The predicted octanol–water partition coefficient (Wildman–Crippen LogP) is 3.76. The third-order valence-electron chi connectivity index (χ3n) is 3.79. The number of anilines is 1. The molecule has 0 saturated heterocycles. The summed E-state index contributed by atoms with van der Waals surface area (Å²) in [5.41, 5.74) is 2.77. The second kappa shape index (κ2) is 6.94. The molecule has 126 valence electrons. The molecule has 6 heteroatoms. The van der Waals surface area contributed by atoms with E-state index in [2.05, 4.69) is 10.3 Å². The number of carbonyl (C=O) groups excluding carboxylic acids is 1. The molecule has 0 unspecified atom stereocenters. The molecular weight excluding hydrogens is 336 g/mol. The van der Waals surface area contributed by atoms with Gasteiger partial charge in [-0.05, 0) is 17.7 Å². The summed E-state index contributed by atoms with van der Waals surface area (Å²) in [5, 5.41) is 5.40. The van der Waals surface area contributed by atoms with Crippen LogP contribution in [0.4, 0.5) is 5.13 Å². The smallest absolute Gasteiger partial charge is 0.230 e. The molecule has 25 heavy (non-hydrogen) atoms. The molecule has 0 bridgehead atoms. The molecular formula is C19H16N2O3S. The van der Waals surface area contributed by atoms with Crippen LogP contribution in [-0.2, 0) is 11.2 Å². The third-order valence-corrected chi connectivity index (χ3v) is 4.55. The van der Waals surface area contributed by atoms with Gasteiger partial charge >= 0.3 is 0 Å². The molecule has 1 aromatic heterocycles. The minimum absolute atomic E-state index is 0.106. The van der Waals surface area contributed by atoms with Gasteiger partial charge in [0.2, 0.25) is 5.91 Å². The maximum Gasteiger partial charge on any atom is 0.230 e. The lowest BCUT2D eigenvalue weighted by Crippen LogP contribution is -2.17. The Balaban J connectivity index is 1.42. The maximum absolute atomic E-state index is 12.3. The lowest BCUT2D eigenvalue weighted by molar-refractivity contribution is -0.115. The van der Waals surface area contributed by atoms with Crippen LogP contribution in [0.3, 0.4) is 0 Å². The number of rotatable bonds is 4. The van der Waals surface area contributed by atoms with Crippen LogP contribution in [0.2, 0.25) is 0 Å². The van der Waals surface area contributed by atoms with E-state index in [-0.39, 0.29) is 12.3 Å². The van der Waals surface area contributed by atoms with Gasteiger partial charge in [0.25, 0.3) is 0 Å². The van der Waals surface area contributed by atoms with Gasteiger partial charge in [0.15, 0.2) is 16.6 Å². The fraction of sp³-hybridized carbons (Fsp3) is 0.158. The number of thiazole rings is 1. The summed E-state index contributed by atoms with van der Waals surface area (Å²) in [6, 6.07) is 15.5. The highest BCUT2D eigenvalue weighted by Crippen LogP contribution is 2.31. The van der Waals surface area contributed by atoms with Crippen molar-refractivity contribution in [3.8, 4) is 22.8 Å². The SMILES string of the molecule is O=C(Cc1ccc2c(c1)OCCO2)Nc1nc(-c2ccccc2)cs1. The summed E-state index contributed by atoms with van der Waals surface area (Å²) in [5.74, 6) is 1.31. The Kier molecular flexibility index (Phi) is 4.35. The Morgan fingerprint density at radius 1 is 1.08 bits per heavy atom. The summed E-state index contributed by atoms with van der Waals surface area (Å²) in [7, 11) is 0. The van der Waals surface area contributed by atoms with Crippen LogP contribution in [0, 0.1) is 0 Å². The van der Waals surface area contributed by atoms with Crippen molar-refractivity contribution in [3.63, 3.8) is 0 Å². The Bertz CT molecular complexity index is 893. The average Bonchev–Trinajstić information content (AvgIpc) is 3.10. The van der Waals surface area contributed by atoms with Crippen molar-refractivity contribution < 1.29 is 14.3 Å². The van der Waals surface area contributed by atoms with E-state index in [1.165, 1.54) is 11.3 Å². The molecule has 0 aliphatic carbocycles. The van der Waals surface area contributed by atoms with Crippen LogP contribution in [0.15, 0.2) is 53.9 Å². The van der Waals surface area contributed by atoms with E-state index in [9.17, 15) is 4.79 Å². The van der Waals surface area contributed by atoms with Gasteiger partial charge in [0.1, 0.15) is 13.2 Å². The first-order valence-electron chi connectivity index (χ1n) is 7.97. The maximum atomic E-state index is 12.3. The highest BCUT2D eigenvalue weighted by molar-refractivity contribution is 7.14. The van der Waals surface area contributed by atoms with Gasteiger partial charge in [0.05, 0.1) is 12.1 Å². The summed E-state index contributed by atoms with van der Waals surface area (Å²) in [4.78, 5) is 16.8. The van der Waals surface area contributed by atoms with Gasteiger partial charge < -0.3 is 14.8 Å². The largest absolute Gasteiger partial charge is 0.486 e. The molecule has 0 spiro atoms. The predicted molar refractivity (Wildman–Crippen MR) is 97.3 cm³/mol. The van der Waals surface area contributed by atoms with E-state index >= 15 is 0 Å². The fourth-order valence-corrected chi connectivity index (χ4v) is 3.36. The van der Waals surface area contributed by atoms with Crippen LogP contribution in [-0.4, -0.2) is 24.1 Å². The van der Waals surface area contributed by atoms with Crippen LogP contribution in [0.25, 0.3) is 11.3 Å². The number of aromatic nitrogens is 1. The fourth-order valence-electron chi connectivity index (χ4n) is 2.62. The summed E-state index contributed by atoms with van der Waals surface area (Å²) in [6.45, 7) is 1.09. The molecule has 1 aliphatic rings. The zero-order chi connectivity index (χ0) is 17.1. The van der Waals surface area contributed by atoms with E-state index in [0.717, 1.165) is 22.6 Å². The van der Waals surface area contributed by atoms with Crippen LogP contribution in [0.1, 0.15) is 5.56 Å². The highest BCUT2D eigenvalue weighted by Gasteiger charge is 2.14. The van der Waals surface area contributed by atoms with Crippen LogP contribution in [0.5, 0.6) is 11.5 Å². The molecule has 2 heterocycles. The molecule has 0 atom stereocenters. The summed E-state index contributed by atoms with van der Waals surface area (Å²) in [6.07, 6.45) is 0.261. The highest BCUT2D eigenvalue weighted by atomic mass is 32.1. The van der Waals surface area contributed by atoms with Crippen molar-refractivity contribution >= 4 is 22.4 Å². The normalized spacial score (nSPS) is 12.6. The molecule has 0 radical (unpaired) electrons. The van der Waals surface area contributed by atoms with Gasteiger partial charge in [-0.3, -0.25) is 4.79 Å². The first-order valence-corrected chi connectivity index (χ1v) is 8.85. The molecule has 3 aromatic rings. The number of fused-ring (bicyclic) bond motifs is 1. The van der Waals surface area contributed by atoms with Gasteiger partial charge in [-0.1, -0.05) is 36.4 Å². The minimum atomic E-state index is -0.106. The number of ether oxygens (including phenoxy) is 2. The van der Waals surface area contributed by atoms with E-state index in [1.54, 1.807) is 0 Å². The molecule has 1 aliphatic heterocycles. The standard InChI is InChI=1S/C19H16N2O3S/c22-18(11-13-6-7-16-17(10-13)24-9-8-23-16)21-19-20-15(12-25-19)14-4-2-1-3-5-14/h1-7,10,12H,8-9,11H2,(H,20,21,22). The summed E-state index contributed by atoms with van der Waals surface area (Å²) >= 11 is 1.42. The van der Waals surface area contributed by atoms with Crippen molar-refractivity contribution in [2.45, 2.75) is 6.42 Å². The third kappa shape index (κ3) is 3.64. The number of amides is 1. The quantitative estimate of drug-likeness (QED) is 0.777. The van der Waals surface area contributed by atoms with Crippen molar-refractivity contribution in [3.05, 3.63) is 59.5 Å². The van der Waals surface area contributed by atoms with Gasteiger partial charge in [-0.2, -0.15) is 0 Å². The first kappa shape index (κ1) is 15.7. The van der Waals surface area contributed by atoms with E-state index in [1.807, 2.05) is 53.9 Å². The van der Waals surface area contributed by atoms with E-state index < -0.39 is 0 Å².